The van der Waals surface area contributed by atoms with E-state index in [-0.39, 0.29) is 0 Å². The summed E-state index contributed by atoms with van der Waals surface area (Å²) in [6.07, 6.45) is 8.38. The van der Waals surface area contributed by atoms with E-state index in [9.17, 15) is 0 Å². The standard InChI is InChI=1S/C18H29N3/c1-15-3-2-4-18(20-15)21-13-9-17(10-14-21)6-5-16-7-11-19-12-8-16/h2-4,16-17,19H,5-14H2,1H3. The Morgan fingerprint density at radius 2 is 1.71 bits per heavy atom. The number of nitrogens with one attached hydrogen (secondary N) is 1. The number of nitrogens with zero attached hydrogens (tertiary/aromatic N) is 2. The smallest absolute Gasteiger partial charge is 0.128 e. The van der Waals surface area contributed by atoms with Gasteiger partial charge in [0.25, 0.3) is 0 Å². The molecule has 2 aliphatic rings. The highest BCUT2D eigenvalue weighted by molar-refractivity contribution is 5.39. The second-order valence-electron chi connectivity index (χ2n) is 6.84. The average Bonchev–Trinajstić information content (AvgIpc) is 2.54. The maximum Gasteiger partial charge on any atom is 0.128 e. The second kappa shape index (κ2) is 7.26. The van der Waals surface area contributed by atoms with E-state index in [4.69, 9.17) is 0 Å². The number of hydrogen-bond donors (Lipinski definition) is 1. The van der Waals surface area contributed by atoms with Crippen LogP contribution in [0, 0.1) is 18.8 Å². The number of piperidine rings is 2. The van der Waals surface area contributed by atoms with E-state index in [0.29, 0.717) is 0 Å². The molecule has 0 unspecified atom stereocenters. The number of aryl methyl sites for hydroxylation is 1. The van der Waals surface area contributed by atoms with Crippen molar-refractivity contribution >= 4 is 5.82 Å². The van der Waals surface area contributed by atoms with Crippen LogP contribution in [-0.2, 0) is 0 Å². The van der Waals surface area contributed by atoms with Crippen LogP contribution in [0.15, 0.2) is 18.2 Å². The summed E-state index contributed by atoms with van der Waals surface area (Å²) in [7, 11) is 0. The van der Waals surface area contributed by atoms with Gasteiger partial charge in [0.05, 0.1) is 0 Å². The third kappa shape index (κ3) is 4.19. The maximum absolute atomic E-state index is 4.66. The zero-order chi connectivity index (χ0) is 14.5. The van der Waals surface area contributed by atoms with Crippen molar-refractivity contribution < 1.29 is 0 Å². The van der Waals surface area contributed by atoms with Gasteiger partial charge in [-0.1, -0.05) is 18.9 Å². The lowest BCUT2D eigenvalue weighted by Gasteiger charge is -2.34. The predicted molar refractivity (Wildman–Crippen MR) is 88.7 cm³/mol. The lowest BCUT2D eigenvalue weighted by molar-refractivity contribution is 0.295. The van der Waals surface area contributed by atoms with E-state index in [2.05, 4.69) is 40.3 Å². The molecule has 3 rings (SSSR count). The van der Waals surface area contributed by atoms with Crippen LogP contribution in [0.4, 0.5) is 5.82 Å². The molecule has 0 radical (unpaired) electrons. The van der Waals surface area contributed by atoms with Crippen molar-refractivity contribution in [2.75, 3.05) is 31.1 Å². The molecule has 0 bridgehead atoms. The van der Waals surface area contributed by atoms with Gasteiger partial charge in [-0.05, 0) is 69.7 Å². The average molecular weight is 287 g/mol. The summed E-state index contributed by atoms with van der Waals surface area (Å²) in [4.78, 5) is 7.13. The molecule has 1 N–H and O–H groups in total. The number of aromatic nitrogens is 1. The van der Waals surface area contributed by atoms with Crippen molar-refractivity contribution in [3.05, 3.63) is 23.9 Å². The molecule has 2 fully saturated rings. The molecule has 21 heavy (non-hydrogen) atoms. The largest absolute Gasteiger partial charge is 0.357 e. The fourth-order valence-electron chi connectivity index (χ4n) is 3.80. The summed E-state index contributed by atoms with van der Waals surface area (Å²) in [6, 6.07) is 6.36. The lowest BCUT2D eigenvalue weighted by atomic mass is 9.85. The Morgan fingerprint density at radius 1 is 1.05 bits per heavy atom. The Labute approximate surface area is 129 Å². The van der Waals surface area contributed by atoms with Gasteiger partial charge in [0.15, 0.2) is 0 Å². The Morgan fingerprint density at radius 3 is 2.38 bits per heavy atom. The first-order valence-electron chi connectivity index (χ1n) is 8.70. The summed E-state index contributed by atoms with van der Waals surface area (Å²) >= 11 is 0. The number of hydrogen-bond acceptors (Lipinski definition) is 3. The van der Waals surface area contributed by atoms with Crippen LogP contribution in [0.5, 0.6) is 0 Å². The van der Waals surface area contributed by atoms with Gasteiger partial charge in [-0.25, -0.2) is 4.98 Å². The van der Waals surface area contributed by atoms with Crippen LogP contribution in [0.3, 0.4) is 0 Å². The molecule has 2 saturated heterocycles. The van der Waals surface area contributed by atoms with Gasteiger partial charge >= 0.3 is 0 Å². The van der Waals surface area contributed by atoms with Gasteiger partial charge in [0.1, 0.15) is 5.82 Å². The normalized spacial score (nSPS) is 21.7. The first kappa shape index (κ1) is 14.8. The number of rotatable bonds is 4. The fourth-order valence-corrected chi connectivity index (χ4v) is 3.80. The van der Waals surface area contributed by atoms with Gasteiger partial charge in [-0.3, -0.25) is 0 Å². The summed E-state index contributed by atoms with van der Waals surface area (Å²) in [5.74, 6) is 3.11. The van der Waals surface area contributed by atoms with Crippen LogP contribution < -0.4 is 10.2 Å². The van der Waals surface area contributed by atoms with Gasteiger partial charge in [-0.2, -0.15) is 0 Å². The van der Waals surface area contributed by atoms with Crippen molar-refractivity contribution in [2.45, 2.75) is 45.4 Å². The first-order valence-corrected chi connectivity index (χ1v) is 8.70. The molecule has 3 heterocycles. The molecule has 0 aliphatic carbocycles. The fraction of sp³-hybridized carbons (Fsp3) is 0.722. The molecule has 0 spiro atoms. The molecule has 116 valence electrons. The second-order valence-corrected chi connectivity index (χ2v) is 6.84. The third-order valence-electron chi connectivity index (χ3n) is 5.25. The molecule has 0 atom stereocenters. The van der Waals surface area contributed by atoms with Crippen LogP contribution in [0.2, 0.25) is 0 Å². The molecule has 0 aromatic carbocycles. The van der Waals surface area contributed by atoms with E-state index < -0.39 is 0 Å². The topological polar surface area (TPSA) is 28.2 Å². The maximum atomic E-state index is 4.66. The molecule has 2 aliphatic heterocycles. The summed E-state index contributed by atoms with van der Waals surface area (Å²) in [5, 5.41) is 3.47. The highest BCUT2D eigenvalue weighted by atomic mass is 15.2. The molecule has 3 nitrogen and oxygen atoms in total. The highest BCUT2D eigenvalue weighted by Crippen LogP contribution is 2.28. The molecule has 3 heteroatoms. The first-order chi connectivity index (χ1) is 10.3. The Hall–Kier alpha value is -1.09. The summed E-state index contributed by atoms with van der Waals surface area (Å²) in [6.45, 7) is 6.93. The number of anilines is 1. The minimum atomic E-state index is 0.945. The van der Waals surface area contributed by atoms with E-state index in [1.54, 1.807) is 0 Å². The van der Waals surface area contributed by atoms with Gasteiger partial charge in [0.2, 0.25) is 0 Å². The molecule has 0 amide bonds. The summed E-state index contributed by atoms with van der Waals surface area (Å²) in [5.41, 5.74) is 1.13. The van der Waals surface area contributed by atoms with Crippen molar-refractivity contribution in [3.63, 3.8) is 0 Å². The minimum Gasteiger partial charge on any atom is -0.357 e. The van der Waals surface area contributed by atoms with Crippen molar-refractivity contribution in [3.8, 4) is 0 Å². The monoisotopic (exact) mass is 287 g/mol. The SMILES string of the molecule is Cc1cccc(N2CCC(CCC3CCNCC3)CC2)n1. The Balaban J connectivity index is 1.42. The van der Waals surface area contributed by atoms with Gasteiger partial charge in [-0.15, -0.1) is 0 Å². The Bertz CT molecular complexity index is 432. The zero-order valence-corrected chi connectivity index (χ0v) is 13.4. The number of pyridine rings is 1. The minimum absolute atomic E-state index is 0.945. The third-order valence-corrected chi connectivity index (χ3v) is 5.25. The van der Waals surface area contributed by atoms with Crippen LogP contribution in [0.1, 0.15) is 44.2 Å². The van der Waals surface area contributed by atoms with Crippen LogP contribution in [-0.4, -0.2) is 31.2 Å². The highest BCUT2D eigenvalue weighted by Gasteiger charge is 2.21. The van der Waals surface area contributed by atoms with Crippen molar-refractivity contribution in [2.24, 2.45) is 11.8 Å². The van der Waals surface area contributed by atoms with Crippen LogP contribution >= 0.6 is 0 Å². The zero-order valence-electron chi connectivity index (χ0n) is 13.4. The molecular formula is C18H29N3. The van der Waals surface area contributed by atoms with Crippen molar-refractivity contribution in [1.29, 1.82) is 0 Å². The van der Waals surface area contributed by atoms with E-state index >= 15 is 0 Å². The quantitative estimate of drug-likeness (QED) is 0.920. The Kier molecular flexibility index (Phi) is 5.13. The predicted octanol–water partition coefficient (Wildman–Crippen LogP) is 3.39. The molecule has 1 aromatic heterocycles. The molecule has 1 aromatic rings. The van der Waals surface area contributed by atoms with Gasteiger partial charge < -0.3 is 10.2 Å². The van der Waals surface area contributed by atoms with Crippen molar-refractivity contribution in [1.82, 2.24) is 10.3 Å². The lowest BCUT2D eigenvalue weighted by Crippen LogP contribution is -2.34. The van der Waals surface area contributed by atoms with E-state index in [1.165, 1.54) is 70.5 Å². The molecular weight excluding hydrogens is 258 g/mol. The van der Waals surface area contributed by atoms with Crippen LogP contribution in [0.25, 0.3) is 0 Å². The van der Waals surface area contributed by atoms with Gasteiger partial charge in [0, 0.05) is 18.8 Å². The molecule has 0 saturated carbocycles. The van der Waals surface area contributed by atoms with E-state index in [1.807, 2.05) is 0 Å². The summed E-state index contributed by atoms with van der Waals surface area (Å²) < 4.78 is 0. The van der Waals surface area contributed by atoms with E-state index in [0.717, 1.165) is 17.5 Å².